The number of nitrogens with one attached hydrogen (secondary N) is 2. The second kappa shape index (κ2) is 6.42. The Morgan fingerprint density at radius 1 is 1.46 bits per heavy atom. The number of aromatic amines is 1. The molecule has 8 nitrogen and oxygen atoms in total. The summed E-state index contributed by atoms with van der Waals surface area (Å²) in [5.74, 6) is -1.02. The van der Waals surface area contributed by atoms with E-state index in [1.807, 2.05) is 24.3 Å². The van der Waals surface area contributed by atoms with Gasteiger partial charge in [-0.2, -0.15) is 0 Å². The number of aromatic nitrogens is 2. The van der Waals surface area contributed by atoms with E-state index in [9.17, 15) is 9.59 Å². The summed E-state index contributed by atoms with van der Waals surface area (Å²) in [4.78, 5) is 34.9. The molecule has 1 spiro atoms. The van der Waals surface area contributed by atoms with Crippen molar-refractivity contribution in [2.24, 2.45) is 17.6 Å². The quantitative estimate of drug-likeness (QED) is 0.715. The van der Waals surface area contributed by atoms with E-state index in [1.54, 1.807) is 17.4 Å². The first kappa shape index (κ1) is 17.4. The number of rotatable bonds is 5. The van der Waals surface area contributed by atoms with Gasteiger partial charge in [0.15, 0.2) is 0 Å². The maximum absolute atomic E-state index is 13.1. The number of likely N-dealkylation sites (tertiary alicyclic amines) is 1. The zero-order valence-electron chi connectivity index (χ0n) is 15.4. The lowest BCUT2D eigenvalue weighted by Gasteiger charge is -2.27. The van der Waals surface area contributed by atoms with Crippen molar-refractivity contribution in [1.82, 2.24) is 14.9 Å². The Hall–Kier alpha value is -2.71. The number of anilines is 1. The van der Waals surface area contributed by atoms with Crippen LogP contribution in [-0.2, 0) is 14.3 Å². The minimum Gasteiger partial charge on any atom is -0.368 e. The van der Waals surface area contributed by atoms with Gasteiger partial charge in [-0.05, 0) is 25.0 Å². The molecule has 146 valence electrons. The van der Waals surface area contributed by atoms with Crippen molar-refractivity contribution in [1.29, 1.82) is 0 Å². The number of nitrogens with two attached hydrogens (primary N) is 1. The predicted molar refractivity (Wildman–Crippen MR) is 102 cm³/mol. The van der Waals surface area contributed by atoms with Gasteiger partial charge in [-0.15, -0.1) is 0 Å². The van der Waals surface area contributed by atoms with Crippen LogP contribution in [0.15, 0.2) is 36.8 Å². The standard InChI is InChI=1S/C20H23N5O3/c21-6-7-25-10-20-5-4-15(28-20)16(17(20)19(25)27)18(26)24-13-3-1-2-12(8-13)14-9-22-11-23-14/h1-3,8-9,11,15-17H,4-7,10,21H2,(H,22,23)(H,24,26)/t15-,16-,17+,20-/m0/s1. The van der Waals surface area contributed by atoms with Gasteiger partial charge >= 0.3 is 0 Å². The summed E-state index contributed by atoms with van der Waals surface area (Å²) < 4.78 is 6.21. The second-order valence-corrected chi connectivity index (χ2v) is 7.85. The zero-order valence-corrected chi connectivity index (χ0v) is 15.4. The van der Waals surface area contributed by atoms with Crippen LogP contribution in [0.4, 0.5) is 5.69 Å². The number of imidazole rings is 1. The third kappa shape index (κ3) is 2.56. The zero-order chi connectivity index (χ0) is 19.3. The smallest absolute Gasteiger partial charge is 0.231 e. The molecule has 0 unspecified atom stereocenters. The molecule has 2 aromatic rings. The predicted octanol–water partition coefficient (Wildman–Crippen LogP) is 0.980. The van der Waals surface area contributed by atoms with Gasteiger partial charge in [0.2, 0.25) is 11.8 Å². The molecule has 1 aromatic heterocycles. The molecule has 3 aliphatic heterocycles. The van der Waals surface area contributed by atoms with E-state index in [2.05, 4.69) is 15.3 Å². The van der Waals surface area contributed by atoms with Crippen LogP contribution in [0.2, 0.25) is 0 Å². The van der Waals surface area contributed by atoms with Crippen molar-refractivity contribution in [2.45, 2.75) is 24.5 Å². The molecule has 3 aliphatic rings. The molecule has 28 heavy (non-hydrogen) atoms. The van der Waals surface area contributed by atoms with Gasteiger partial charge in [0.25, 0.3) is 0 Å². The van der Waals surface area contributed by atoms with E-state index in [4.69, 9.17) is 10.5 Å². The second-order valence-electron chi connectivity index (χ2n) is 7.85. The largest absolute Gasteiger partial charge is 0.368 e. The fraction of sp³-hybridized carbons (Fsp3) is 0.450. The van der Waals surface area contributed by atoms with E-state index in [0.29, 0.717) is 25.3 Å². The molecule has 4 atom stereocenters. The van der Waals surface area contributed by atoms with Gasteiger partial charge in [-0.25, -0.2) is 4.98 Å². The van der Waals surface area contributed by atoms with E-state index in [1.165, 1.54) is 0 Å². The van der Waals surface area contributed by atoms with Crippen molar-refractivity contribution < 1.29 is 14.3 Å². The topological polar surface area (TPSA) is 113 Å². The number of carbonyl (C=O) groups excluding carboxylic acids is 2. The third-order valence-electron chi connectivity index (χ3n) is 6.24. The molecule has 4 heterocycles. The number of carbonyl (C=O) groups is 2. The van der Waals surface area contributed by atoms with Crippen molar-refractivity contribution in [2.75, 3.05) is 25.0 Å². The molecule has 0 aliphatic carbocycles. The molecule has 2 amide bonds. The van der Waals surface area contributed by atoms with Crippen molar-refractivity contribution in [3.8, 4) is 11.3 Å². The molecule has 0 radical (unpaired) electrons. The van der Waals surface area contributed by atoms with E-state index >= 15 is 0 Å². The highest BCUT2D eigenvalue weighted by molar-refractivity contribution is 5.98. The van der Waals surface area contributed by atoms with Crippen LogP contribution in [0.5, 0.6) is 0 Å². The van der Waals surface area contributed by atoms with Crippen LogP contribution >= 0.6 is 0 Å². The van der Waals surface area contributed by atoms with Gasteiger partial charge in [-0.3, -0.25) is 9.59 Å². The normalized spacial score (nSPS) is 30.7. The number of ether oxygens (including phenoxy) is 1. The summed E-state index contributed by atoms with van der Waals surface area (Å²) in [6.07, 6.45) is 4.80. The minimum absolute atomic E-state index is 0.000916. The highest BCUT2D eigenvalue weighted by Crippen LogP contribution is 2.55. The molecule has 3 fully saturated rings. The summed E-state index contributed by atoms with van der Waals surface area (Å²) in [5.41, 5.74) is 7.63. The Morgan fingerprint density at radius 3 is 3.14 bits per heavy atom. The maximum Gasteiger partial charge on any atom is 0.231 e. The highest BCUT2D eigenvalue weighted by atomic mass is 16.5. The molecule has 5 rings (SSSR count). The summed E-state index contributed by atoms with van der Waals surface area (Å²) in [6, 6.07) is 7.57. The van der Waals surface area contributed by atoms with Gasteiger partial charge in [0.05, 0.1) is 48.3 Å². The number of H-pyrrole nitrogens is 1. The first-order valence-electron chi connectivity index (χ1n) is 9.68. The van der Waals surface area contributed by atoms with Crippen LogP contribution < -0.4 is 11.1 Å². The van der Waals surface area contributed by atoms with Crippen LogP contribution in [0.1, 0.15) is 12.8 Å². The summed E-state index contributed by atoms with van der Waals surface area (Å²) in [6.45, 7) is 1.46. The van der Waals surface area contributed by atoms with Gasteiger partial charge in [0, 0.05) is 24.3 Å². The average Bonchev–Trinajstić information content (AvgIpc) is 3.45. The lowest BCUT2D eigenvalue weighted by Crippen LogP contribution is -2.43. The number of hydrogen-bond donors (Lipinski definition) is 3. The first-order valence-corrected chi connectivity index (χ1v) is 9.68. The van der Waals surface area contributed by atoms with Gasteiger partial charge < -0.3 is 25.7 Å². The lowest BCUT2D eigenvalue weighted by atomic mass is 9.73. The number of benzene rings is 1. The fourth-order valence-corrected chi connectivity index (χ4v) is 5.09. The van der Waals surface area contributed by atoms with Gasteiger partial charge in [-0.1, -0.05) is 12.1 Å². The Bertz CT molecular complexity index is 914. The molecule has 3 saturated heterocycles. The van der Waals surface area contributed by atoms with Crippen LogP contribution in [0, 0.1) is 11.8 Å². The molecule has 4 N–H and O–H groups in total. The SMILES string of the molecule is NCCN1C[C@]23CC[C@H](O2)[C@H](C(=O)Nc2cccc(-c4cnc[nH]4)c2)[C@@H]3C1=O. The van der Waals surface area contributed by atoms with Crippen LogP contribution in [-0.4, -0.2) is 58.0 Å². The Labute approximate surface area is 162 Å². The Morgan fingerprint density at radius 2 is 2.36 bits per heavy atom. The molecular formula is C20H23N5O3. The summed E-state index contributed by atoms with van der Waals surface area (Å²) >= 11 is 0. The molecule has 8 heteroatoms. The number of amides is 2. The maximum atomic E-state index is 13.1. The van der Waals surface area contributed by atoms with Crippen molar-refractivity contribution in [3.63, 3.8) is 0 Å². The van der Waals surface area contributed by atoms with Crippen molar-refractivity contribution >= 4 is 17.5 Å². The minimum atomic E-state index is -0.517. The van der Waals surface area contributed by atoms with Gasteiger partial charge in [0.1, 0.15) is 0 Å². The summed E-state index contributed by atoms with van der Waals surface area (Å²) in [7, 11) is 0. The monoisotopic (exact) mass is 381 g/mol. The van der Waals surface area contributed by atoms with E-state index in [-0.39, 0.29) is 17.9 Å². The highest BCUT2D eigenvalue weighted by Gasteiger charge is 2.68. The molecule has 1 aromatic carbocycles. The van der Waals surface area contributed by atoms with E-state index < -0.39 is 17.4 Å². The Kier molecular flexibility index (Phi) is 3.99. The molecule has 0 saturated carbocycles. The van der Waals surface area contributed by atoms with Crippen molar-refractivity contribution in [3.05, 3.63) is 36.8 Å². The fourth-order valence-electron chi connectivity index (χ4n) is 5.09. The summed E-state index contributed by atoms with van der Waals surface area (Å²) in [5, 5.41) is 3.00. The lowest BCUT2D eigenvalue weighted by molar-refractivity contribution is -0.136. The first-order chi connectivity index (χ1) is 13.6. The Balaban J connectivity index is 1.38. The van der Waals surface area contributed by atoms with Crippen LogP contribution in [0.3, 0.4) is 0 Å². The number of fused-ring (bicyclic) bond motifs is 1. The van der Waals surface area contributed by atoms with Crippen LogP contribution in [0.25, 0.3) is 11.3 Å². The molecular weight excluding hydrogens is 358 g/mol. The number of hydrogen-bond acceptors (Lipinski definition) is 5. The van der Waals surface area contributed by atoms with E-state index in [0.717, 1.165) is 24.1 Å². The average molecular weight is 381 g/mol. The molecule has 2 bridgehead atoms. The number of nitrogens with zero attached hydrogens (tertiary/aromatic N) is 2. The third-order valence-corrected chi connectivity index (χ3v) is 6.24.